The minimum absolute atomic E-state index is 0.286. The van der Waals surface area contributed by atoms with Crippen molar-refractivity contribution in [3.05, 3.63) is 0 Å². The van der Waals surface area contributed by atoms with E-state index in [0.717, 1.165) is 12.8 Å². The van der Waals surface area contributed by atoms with Crippen molar-refractivity contribution in [2.45, 2.75) is 45.6 Å². The summed E-state index contributed by atoms with van der Waals surface area (Å²) < 4.78 is 5.38. The molecule has 1 amide bonds. The van der Waals surface area contributed by atoms with Crippen LogP contribution in [0, 0.1) is 5.92 Å². The lowest BCUT2D eigenvalue weighted by molar-refractivity contribution is -0.118. The summed E-state index contributed by atoms with van der Waals surface area (Å²) >= 11 is 0. The van der Waals surface area contributed by atoms with Gasteiger partial charge in [0.25, 0.3) is 0 Å². The molecule has 4 N–H and O–H groups in total. The number of aliphatic hydroxyl groups is 1. The summed E-state index contributed by atoms with van der Waals surface area (Å²) in [6, 6.07) is 0. The molecule has 18 heavy (non-hydrogen) atoms. The number of carbonyl (C=O) groups excluding carboxylic acids is 1. The first-order valence-electron chi connectivity index (χ1n) is 6.77. The Hall–Kier alpha value is -0.650. The highest BCUT2D eigenvalue weighted by molar-refractivity contribution is 5.73. The predicted octanol–water partition coefficient (Wildman–Crippen LogP) is 0.655. The first kappa shape index (κ1) is 17.4. The number of hydrogen-bond donors (Lipinski definition) is 3. The molecule has 5 nitrogen and oxygen atoms in total. The smallest absolute Gasteiger partial charge is 0.217 e. The van der Waals surface area contributed by atoms with Crippen LogP contribution >= 0.6 is 0 Å². The Morgan fingerprint density at radius 3 is 2.72 bits per heavy atom. The molecule has 0 heterocycles. The second-order valence-corrected chi connectivity index (χ2v) is 5.04. The molecule has 0 saturated carbocycles. The molecule has 0 aliphatic heterocycles. The summed E-state index contributed by atoms with van der Waals surface area (Å²) in [6.45, 7) is 6.61. The van der Waals surface area contributed by atoms with Crippen LogP contribution in [0.5, 0.6) is 0 Å². The Bertz CT molecular complexity index is 210. The lowest BCUT2D eigenvalue weighted by Gasteiger charge is -2.12. The first-order valence-corrected chi connectivity index (χ1v) is 6.77. The average Bonchev–Trinajstić information content (AvgIpc) is 2.27. The summed E-state index contributed by atoms with van der Waals surface area (Å²) in [5.74, 6) is 0.413. The van der Waals surface area contributed by atoms with E-state index in [2.05, 4.69) is 19.2 Å². The highest BCUT2D eigenvalue weighted by atomic mass is 16.5. The topological polar surface area (TPSA) is 84.6 Å². The van der Waals surface area contributed by atoms with Gasteiger partial charge in [-0.15, -0.1) is 0 Å². The molecular formula is C13H28N2O3. The van der Waals surface area contributed by atoms with E-state index in [0.29, 0.717) is 45.1 Å². The van der Waals surface area contributed by atoms with Crippen molar-refractivity contribution >= 4 is 5.91 Å². The van der Waals surface area contributed by atoms with Gasteiger partial charge in [0.15, 0.2) is 0 Å². The van der Waals surface area contributed by atoms with E-state index >= 15 is 0 Å². The minimum Gasteiger partial charge on any atom is -0.389 e. The standard InChI is InChI=1S/C13H28N2O3/c1-11(2)5-4-8-18-10-12(16)9-15-7-3-6-13(14)17/h11-12,15-16H,3-10H2,1-2H3,(H2,14,17). The quantitative estimate of drug-likeness (QED) is 0.450. The normalized spacial score (nSPS) is 12.9. The van der Waals surface area contributed by atoms with Gasteiger partial charge in [0.05, 0.1) is 12.7 Å². The van der Waals surface area contributed by atoms with Crippen LogP contribution in [0.25, 0.3) is 0 Å². The number of primary amides is 1. The molecule has 0 rings (SSSR count). The maximum Gasteiger partial charge on any atom is 0.217 e. The number of nitrogens with two attached hydrogens (primary N) is 1. The van der Waals surface area contributed by atoms with Crippen molar-refractivity contribution in [3.8, 4) is 0 Å². The summed E-state index contributed by atoms with van der Waals surface area (Å²) in [5.41, 5.74) is 5.01. The van der Waals surface area contributed by atoms with Gasteiger partial charge in [-0.1, -0.05) is 13.8 Å². The number of nitrogens with one attached hydrogen (secondary N) is 1. The monoisotopic (exact) mass is 260 g/mol. The number of carbonyl (C=O) groups is 1. The summed E-state index contributed by atoms with van der Waals surface area (Å²) in [7, 11) is 0. The third kappa shape index (κ3) is 13.4. The van der Waals surface area contributed by atoms with Gasteiger partial charge in [0, 0.05) is 19.6 Å². The summed E-state index contributed by atoms with van der Waals surface area (Å²) in [4.78, 5) is 10.5. The van der Waals surface area contributed by atoms with Gasteiger partial charge in [-0.2, -0.15) is 0 Å². The Kier molecular flexibility index (Phi) is 11.0. The lowest BCUT2D eigenvalue weighted by Crippen LogP contribution is -2.31. The number of ether oxygens (including phenoxy) is 1. The Labute approximate surface area is 110 Å². The van der Waals surface area contributed by atoms with Crippen LogP contribution in [0.1, 0.15) is 39.5 Å². The highest BCUT2D eigenvalue weighted by Gasteiger charge is 2.04. The number of amides is 1. The highest BCUT2D eigenvalue weighted by Crippen LogP contribution is 2.03. The van der Waals surface area contributed by atoms with E-state index in [1.165, 1.54) is 0 Å². The lowest BCUT2D eigenvalue weighted by atomic mass is 10.1. The van der Waals surface area contributed by atoms with Crippen molar-refractivity contribution in [2.75, 3.05) is 26.3 Å². The average molecular weight is 260 g/mol. The minimum atomic E-state index is -0.488. The fourth-order valence-electron chi connectivity index (χ4n) is 1.53. The molecule has 0 radical (unpaired) electrons. The zero-order chi connectivity index (χ0) is 13.8. The SMILES string of the molecule is CC(C)CCCOCC(O)CNCCCC(N)=O. The van der Waals surface area contributed by atoms with E-state index in [-0.39, 0.29) is 5.91 Å². The van der Waals surface area contributed by atoms with E-state index in [4.69, 9.17) is 10.5 Å². The Morgan fingerprint density at radius 2 is 2.11 bits per heavy atom. The zero-order valence-corrected chi connectivity index (χ0v) is 11.7. The van der Waals surface area contributed by atoms with Gasteiger partial charge in [0.1, 0.15) is 0 Å². The predicted molar refractivity (Wildman–Crippen MR) is 72.2 cm³/mol. The van der Waals surface area contributed by atoms with Crippen molar-refractivity contribution in [2.24, 2.45) is 11.7 Å². The fraction of sp³-hybridized carbons (Fsp3) is 0.923. The van der Waals surface area contributed by atoms with E-state index in [1.807, 2.05) is 0 Å². The van der Waals surface area contributed by atoms with Gasteiger partial charge in [-0.3, -0.25) is 4.79 Å². The molecule has 0 saturated heterocycles. The maximum absolute atomic E-state index is 10.5. The van der Waals surface area contributed by atoms with Crippen LogP contribution in [0.3, 0.4) is 0 Å². The Morgan fingerprint density at radius 1 is 1.39 bits per heavy atom. The van der Waals surface area contributed by atoms with Crippen LogP contribution in [-0.2, 0) is 9.53 Å². The molecule has 0 aliphatic carbocycles. The molecule has 0 aromatic carbocycles. The van der Waals surface area contributed by atoms with Crippen LogP contribution in [-0.4, -0.2) is 43.4 Å². The molecular weight excluding hydrogens is 232 g/mol. The zero-order valence-electron chi connectivity index (χ0n) is 11.7. The van der Waals surface area contributed by atoms with Crippen LogP contribution in [0.2, 0.25) is 0 Å². The largest absolute Gasteiger partial charge is 0.389 e. The number of rotatable bonds is 12. The van der Waals surface area contributed by atoms with Crippen LogP contribution in [0.15, 0.2) is 0 Å². The van der Waals surface area contributed by atoms with Gasteiger partial charge < -0.3 is 20.9 Å². The molecule has 108 valence electrons. The molecule has 0 aromatic rings. The van der Waals surface area contributed by atoms with E-state index in [1.54, 1.807) is 0 Å². The molecule has 1 unspecified atom stereocenters. The molecule has 0 fully saturated rings. The third-order valence-electron chi connectivity index (χ3n) is 2.54. The van der Waals surface area contributed by atoms with Crippen LogP contribution in [0.4, 0.5) is 0 Å². The molecule has 0 bridgehead atoms. The molecule has 0 aliphatic rings. The summed E-state index contributed by atoms with van der Waals surface area (Å²) in [5, 5.41) is 12.6. The van der Waals surface area contributed by atoms with Crippen molar-refractivity contribution in [1.82, 2.24) is 5.32 Å². The van der Waals surface area contributed by atoms with Crippen LogP contribution < -0.4 is 11.1 Å². The molecule has 5 heteroatoms. The number of aliphatic hydroxyl groups excluding tert-OH is 1. The fourth-order valence-corrected chi connectivity index (χ4v) is 1.53. The van der Waals surface area contributed by atoms with Crippen molar-refractivity contribution in [3.63, 3.8) is 0 Å². The number of hydrogen-bond acceptors (Lipinski definition) is 4. The van der Waals surface area contributed by atoms with Gasteiger partial charge in [-0.05, 0) is 31.7 Å². The van der Waals surface area contributed by atoms with Gasteiger partial charge in [0.2, 0.25) is 5.91 Å². The molecule has 1 atom stereocenters. The van der Waals surface area contributed by atoms with Crippen molar-refractivity contribution in [1.29, 1.82) is 0 Å². The van der Waals surface area contributed by atoms with Gasteiger partial charge in [-0.25, -0.2) is 0 Å². The third-order valence-corrected chi connectivity index (χ3v) is 2.54. The molecule has 0 spiro atoms. The first-order chi connectivity index (χ1) is 8.52. The van der Waals surface area contributed by atoms with E-state index < -0.39 is 6.10 Å². The second-order valence-electron chi connectivity index (χ2n) is 5.04. The maximum atomic E-state index is 10.5. The molecule has 0 aromatic heterocycles. The van der Waals surface area contributed by atoms with Crippen molar-refractivity contribution < 1.29 is 14.6 Å². The second kappa shape index (κ2) is 11.4. The van der Waals surface area contributed by atoms with Gasteiger partial charge >= 0.3 is 0 Å². The summed E-state index contributed by atoms with van der Waals surface area (Å²) in [6.07, 6.45) is 2.79. The van der Waals surface area contributed by atoms with E-state index in [9.17, 15) is 9.90 Å². The Balaban J connectivity index is 3.22.